The molecule has 0 aromatic heterocycles. The van der Waals surface area contributed by atoms with Crippen molar-refractivity contribution in [3.63, 3.8) is 0 Å². The van der Waals surface area contributed by atoms with Crippen molar-refractivity contribution in [2.75, 3.05) is 0 Å². The minimum absolute atomic E-state index is 0.0298. The van der Waals surface area contributed by atoms with Crippen molar-refractivity contribution >= 4 is 0 Å². The molecule has 0 radical (unpaired) electrons. The lowest BCUT2D eigenvalue weighted by molar-refractivity contribution is -0.198. The van der Waals surface area contributed by atoms with Crippen LogP contribution in [0.15, 0.2) is 18.2 Å². The van der Waals surface area contributed by atoms with E-state index in [1.165, 1.54) is 6.07 Å². The molecule has 20 heavy (non-hydrogen) atoms. The maximum absolute atomic E-state index is 13.7. The van der Waals surface area contributed by atoms with Gasteiger partial charge in [0.25, 0.3) is 0 Å². The van der Waals surface area contributed by atoms with Crippen LogP contribution in [0.1, 0.15) is 37.3 Å². The van der Waals surface area contributed by atoms with Crippen LogP contribution >= 0.6 is 0 Å². The number of halogens is 5. The van der Waals surface area contributed by atoms with Gasteiger partial charge < -0.3 is 5.73 Å². The molecule has 0 bridgehead atoms. The molecule has 1 nitrogen and oxygen atoms in total. The zero-order chi connectivity index (χ0) is 14.9. The van der Waals surface area contributed by atoms with Gasteiger partial charge in [-0.15, -0.1) is 0 Å². The Labute approximate surface area is 114 Å². The molecule has 1 aromatic carbocycles. The molecule has 112 valence electrons. The molecule has 1 saturated carbocycles. The second-order valence-electron chi connectivity index (χ2n) is 5.26. The van der Waals surface area contributed by atoms with Gasteiger partial charge in [0.1, 0.15) is 11.6 Å². The predicted molar refractivity (Wildman–Crippen MR) is 64.8 cm³/mol. The third kappa shape index (κ3) is 2.95. The minimum Gasteiger partial charge on any atom is -0.324 e. The number of hydrogen-bond donors (Lipinski definition) is 1. The van der Waals surface area contributed by atoms with Crippen LogP contribution in [0.5, 0.6) is 0 Å². The zero-order valence-corrected chi connectivity index (χ0v) is 10.8. The van der Waals surface area contributed by atoms with Crippen molar-refractivity contribution in [2.24, 2.45) is 17.6 Å². The molecule has 3 atom stereocenters. The van der Waals surface area contributed by atoms with E-state index in [4.69, 9.17) is 5.73 Å². The van der Waals surface area contributed by atoms with Gasteiger partial charge in [-0.2, -0.15) is 13.2 Å². The Morgan fingerprint density at radius 1 is 1.05 bits per heavy atom. The summed E-state index contributed by atoms with van der Waals surface area (Å²) < 4.78 is 66.4. The Hall–Kier alpha value is -1.17. The second kappa shape index (κ2) is 5.68. The molecule has 0 saturated heterocycles. The second-order valence-corrected chi connectivity index (χ2v) is 5.26. The monoisotopic (exact) mass is 293 g/mol. The van der Waals surface area contributed by atoms with E-state index in [2.05, 4.69) is 0 Å². The number of hydrogen-bond acceptors (Lipinski definition) is 1. The summed E-state index contributed by atoms with van der Waals surface area (Å²) in [6.07, 6.45) is -3.12. The molecule has 2 rings (SSSR count). The van der Waals surface area contributed by atoms with E-state index < -0.39 is 41.3 Å². The standard InChI is InChI=1S/C14H16F5N/c15-10-6-3-7-11(16)12(10)13(20)8-4-1-2-5-9(8)14(17,18)19/h3,6-9,13H,1-2,4-5,20H2. The molecule has 1 aromatic rings. The molecule has 1 aliphatic carbocycles. The van der Waals surface area contributed by atoms with Gasteiger partial charge in [-0.3, -0.25) is 0 Å². The Bertz CT molecular complexity index is 451. The predicted octanol–water partition coefficient (Wildman–Crippen LogP) is 4.33. The number of rotatable bonds is 2. The van der Waals surface area contributed by atoms with Crippen molar-refractivity contribution in [2.45, 2.75) is 37.9 Å². The lowest BCUT2D eigenvalue weighted by Gasteiger charge is -2.36. The molecule has 0 amide bonds. The average Bonchev–Trinajstić information content (AvgIpc) is 2.37. The molecule has 0 aliphatic heterocycles. The van der Waals surface area contributed by atoms with Crippen LogP contribution in [0.25, 0.3) is 0 Å². The van der Waals surface area contributed by atoms with E-state index in [1.54, 1.807) is 0 Å². The van der Waals surface area contributed by atoms with Crippen LogP contribution < -0.4 is 5.73 Å². The zero-order valence-electron chi connectivity index (χ0n) is 10.8. The summed E-state index contributed by atoms with van der Waals surface area (Å²) >= 11 is 0. The maximum atomic E-state index is 13.7. The van der Waals surface area contributed by atoms with Crippen molar-refractivity contribution in [3.8, 4) is 0 Å². The molecule has 0 heterocycles. The van der Waals surface area contributed by atoms with Gasteiger partial charge in [-0.05, 0) is 30.9 Å². The SMILES string of the molecule is NC(c1c(F)cccc1F)C1CCCCC1C(F)(F)F. The minimum atomic E-state index is -4.38. The number of benzene rings is 1. The fourth-order valence-electron chi connectivity index (χ4n) is 3.04. The van der Waals surface area contributed by atoms with E-state index >= 15 is 0 Å². The molecule has 2 N–H and O–H groups in total. The van der Waals surface area contributed by atoms with Gasteiger partial charge in [0.15, 0.2) is 0 Å². The number of alkyl halides is 3. The molecular formula is C14H16F5N. The lowest BCUT2D eigenvalue weighted by Crippen LogP contribution is -2.39. The first-order valence-corrected chi connectivity index (χ1v) is 6.58. The lowest BCUT2D eigenvalue weighted by atomic mass is 9.73. The van der Waals surface area contributed by atoms with Crippen LogP contribution in [-0.4, -0.2) is 6.18 Å². The third-order valence-corrected chi connectivity index (χ3v) is 4.03. The van der Waals surface area contributed by atoms with E-state index in [9.17, 15) is 22.0 Å². The van der Waals surface area contributed by atoms with Crippen LogP contribution in [0, 0.1) is 23.5 Å². The van der Waals surface area contributed by atoms with Crippen molar-refractivity contribution in [1.29, 1.82) is 0 Å². The van der Waals surface area contributed by atoms with E-state index in [0.717, 1.165) is 12.1 Å². The molecule has 1 aliphatic rings. The smallest absolute Gasteiger partial charge is 0.324 e. The summed E-state index contributed by atoms with van der Waals surface area (Å²) in [4.78, 5) is 0. The highest BCUT2D eigenvalue weighted by molar-refractivity contribution is 5.24. The Balaban J connectivity index is 2.33. The quantitative estimate of drug-likeness (QED) is 0.807. The van der Waals surface area contributed by atoms with Crippen LogP contribution in [0.3, 0.4) is 0 Å². The first kappa shape index (κ1) is 15.2. The number of nitrogens with two attached hydrogens (primary N) is 1. The Morgan fingerprint density at radius 3 is 2.15 bits per heavy atom. The van der Waals surface area contributed by atoms with Gasteiger partial charge in [0, 0.05) is 11.6 Å². The summed E-state index contributed by atoms with van der Waals surface area (Å²) in [5.74, 6) is -4.34. The van der Waals surface area contributed by atoms with Crippen molar-refractivity contribution in [3.05, 3.63) is 35.4 Å². The highest BCUT2D eigenvalue weighted by Gasteiger charge is 2.48. The highest BCUT2D eigenvalue weighted by atomic mass is 19.4. The van der Waals surface area contributed by atoms with Gasteiger partial charge in [-0.25, -0.2) is 8.78 Å². The van der Waals surface area contributed by atoms with E-state index in [-0.39, 0.29) is 12.8 Å². The first-order chi connectivity index (χ1) is 9.32. The first-order valence-electron chi connectivity index (χ1n) is 6.58. The maximum Gasteiger partial charge on any atom is 0.392 e. The van der Waals surface area contributed by atoms with E-state index in [0.29, 0.717) is 12.8 Å². The fraction of sp³-hybridized carbons (Fsp3) is 0.571. The van der Waals surface area contributed by atoms with Crippen LogP contribution in [-0.2, 0) is 0 Å². The van der Waals surface area contributed by atoms with E-state index in [1.807, 2.05) is 0 Å². The molecular weight excluding hydrogens is 277 g/mol. The summed E-state index contributed by atoms with van der Waals surface area (Å²) in [5.41, 5.74) is 5.34. The van der Waals surface area contributed by atoms with Gasteiger partial charge in [-0.1, -0.05) is 18.9 Å². The highest BCUT2D eigenvalue weighted by Crippen LogP contribution is 2.46. The van der Waals surface area contributed by atoms with Crippen LogP contribution in [0.4, 0.5) is 22.0 Å². The normalized spacial score (nSPS) is 25.5. The fourth-order valence-corrected chi connectivity index (χ4v) is 3.04. The average molecular weight is 293 g/mol. The third-order valence-electron chi connectivity index (χ3n) is 4.03. The van der Waals surface area contributed by atoms with Gasteiger partial charge in [0.2, 0.25) is 0 Å². The van der Waals surface area contributed by atoms with Crippen LogP contribution in [0.2, 0.25) is 0 Å². The molecule has 3 unspecified atom stereocenters. The van der Waals surface area contributed by atoms with Gasteiger partial charge in [0.05, 0.1) is 5.92 Å². The van der Waals surface area contributed by atoms with Crippen molar-refractivity contribution in [1.82, 2.24) is 0 Å². The van der Waals surface area contributed by atoms with Crippen molar-refractivity contribution < 1.29 is 22.0 Å². The molecule has 0 spiro atoms. The Kier molecular flexibility index (Phi) is 4.32. The Morgan fingerprint density at radius 2 is 1.60 bits per heavy atom. The van der Waals surface area contributed by atoms with Gasteiger partial charge >= 0.3 is 6.18 Å². The molecule has 6 heteroatoms. The summed E-state index contributed by atoms with van der Waals surface area (Å²) in [6.45, 7) is 0. The summed E-state index contributed by atoms with van der Waals surface area (Å²) in [5, 5.41) is 0. The summed E-state index contributed by atoms with van der Waals surface area (Å²) in [6, 6.07) is 1.93. The topological polar surface area (TPSA) is 26.0 Å². The summed E-state index contributed by atoms with van der Waals surface area (Å²) in [7, 11) is 0. The largest absolute Gasteiger partial charge is 0.392 e. The molecule has 1 fully saturated rings.